The van der Waals surface area contributed by atoms with Gasteiger partial charge in [0.15, 0.2) is 4.32 Å². The van der Waals surface area contributed by atoms with Crippen LogP contribution < -0.4 is 5.43 Å². The van der Waals surface area contributed by atoms with Gasteiger partial charge in [-0.15, -0.1) is 0 Å². The Balaban J connectivity index is 1.83. The number of hydrogen-bond donors (Lipinski definition) is 1. The molecule has 8 heteroatoms. The molecule has 1 fully saturated rings. The zero-order chi connectivity index (χ0) is 18.0. The molecule has 126 valence electrons. The largest absolute Gasteiger partial charge is 0.285 e. The second-order valence-electron chi connectivity index (χ2n) is 4.96. The highest BCUT2D eigenvalue weighted by atomic mass is 35.5. The first kappa shape index (κ1) is 17.9. The number of halogens is 2. The van der Waals surface area contributed by atoms with E-state index in [-0.39, 0.29) is 4.32 Å². The van der Waals surface area contributed by atoms with E-state index in [2.05, 4.69) is 5.43 Å². The van der Waals surface area contributed by atoms with Crippen molar-refractivity contribution in [1.29, 1.82) is 0 Å². The minimum absolute atomic E-state index is 0.226. The van der Waals surface area contributed by atoms with Gasteiger partial charge in [-0.1, -0.05) is 59.2 Å². The van der Waals surface area contributed by atoms with Gasteiger partial charge in [-0.25, -0.2) is 0 Å². The van der Waals surface area contributed by atoms with Gasteiger partial charge in [-0.05, 0) is 42.6 Å². The second kappa shape index (κ2) is 7.58. The summed E-state index contributed by atoms with van der Waals surface area (Å²) in [5.41, 5.74) is 3.47. The molecule has 0 bridgehead atoms. The van der Waals surface area contributed by atoms with Gasteiger partial charge in [0.05, 0.1) is 4.91 Å². The summed E-state index contributed by atoms with van der Waals surface area (Å²) in [5.74, 6) is -0.857. The predicted molar refractivity (Wildman–Crippen MR) is 105 cm³/mol. The lowest BCUT2D eigenvalue weighted by atomic mass is 10.2. The van der Waals surface area contributed by atoms with Gasteiger partial charge in [0.1, 0.15) is 0 Å². The Morgan fingerprint density at radius 2 is 1.72 bits per heavy atom. The molecule has 1 aliphatic rings. The summed E-state index contributed by atoms with van der Waals surface area (Å²) in [4.78, 5) is 25.1. The summed E-state index contributed by atoms with van der Waals surface area (Å²) in [6, 6.07) is 13.6. The summed E-state index contributed by atoms with van der Waals surface area (Å²) < 4.78 is 0.226. The van der Waals surface area contributed by atoms with Crippen LogP contribution in [0.2, 0.25) is 10.0 Å². The third kappa shape index (κ3) is 3.88. The fraction of sp³-hybridized carbons (Fsp3) is 0. The monoisotopic (exact) mass is 408 g/mol. The van der Waals surface area contributed by atoms with E-state index in [9.17, 15) is 9.59 Å². The molecular formula is C17H10Cl2N2O2S2. The predicted octanol–water partition coefficient (Wildman–Crippen LogP) is 4.54. The molecule has 0 aromatic heterocycles. The van der Waals surface area contributed by atoms with Crippen LogP contribution in [-0.2, 0) is 4.79 Å². The smallest absolute Gasteiger partial charge is 0.267 e. The third-order valence-electron chi connectivity index (χ3n) is 3.32. The van der Waals surface area contributed by atoms with Crippen molar-refractivity contribution in [2.45, 2.75) is 0 Å². The van der Waals surface area contributed by atoms with E-state index < -0.39 is 11.8 Å². The molecule has 2 aromatic rings. The van der Waals surface area contributed by atoms with Gasteiger partial charge in [0, 0.05) is 21.2 Å². The van der Waals surface area contributed by atoms with Crippen molar-refractivity contribution in [3.63, 3.8) is 0 Å². The van der Waals surface area contributed by atoms with Crippen LogP contribution in [0, 0.1) is 0 Å². The van der Waals surface area contributed by atoms with E-state index in [4.69, 9.17) is 35.4 Å². The zero-order valence-electron chi connectivity index (χ0n) is 12.5. The van der Waals surface area contributed by atoms with E-state index in [1.165, 1.54) is 0 Å². The lowest BCUT2D eigenvalue weighted by Crippen LogP contribution is -2.44. The summed E-state index contributed by atoms with van der Waals surface area (Å²) in [5, 5.41) is 1.89. The van der Waals surface area contributed by atoms with E-state index in [1.54, 1.807) is 54.6 Å². The molecule has 0 saturated carbocycles. The molecule has 4 nitrogen and oxygen atoms in total. The van der Waals surface area contributed by atoms with Crippen molar-refractivity contribution in [1.82, 2.24) is 10.4 Å². The first-order valence-electron chi connectivity index (χ1n) is 7.05. The van der Waals surface area contributed by atoms with Crippen molar-refractivity contribution < 1.29 is 9.59 Å². The minimum atomic E-state index is -0.435. The number of thioether (sulfide) groups is 1. The van der Waals surface area contributed by atoms with Crippen molar-refractivity contribution in [2.24, 2.45) is 0 Å². The number of rotatable bonds is 3. The van der Waals surface area contributed by atoms with E-state index in [1.807, 2.05) is 0 Å². The average molecular weight is 409 g/mol. The quantitative estimate of drug-likeness (QED) is 0.598. The normalized spacial score (nSPS) is 15.8. The van der Waals surface area contributed by atoms with E-state index in [0.29, 0.717) is 26.1 Å². The summed E-state index contributed by atoms with van der Waals surface area (Å²) in [6.07, 6.45) is 1.57. The molecule has 1 saturated heterocycles. The van der Waals surface area contributed by atoms with Crippen LogP contribution in [-0.4, -0.2) is 21.1 Å². The average Bonchev–Trinajstić information content (AvgIpc) is 2.86. The lowest BCUT2D eigenvalue weighted by molar-refractivity contribution is -0.123. The van der Waals surface area contributed by atoms with Gasteiger partial charge in [-0.3, -0.25) is 15.0 Å². The SMILES string of the molecule is O=C(NN1C(=O)/C(=C\c2c(Cl)cccc2Cl)SC1=S)c1ccccc1. The van der Waals surface area contributed by atoms with Crippen LogP contribution in [0.5, 0.6) is 0 Å². The number of carbonyl (C=O) groups excluding carboxylic acids is 2. The number of thiocarbonyl (C=S) groups is 1. The Morgan fingerprint density at radius 3 is 2.36 bits per heavy atom. The van der Waals surface area contributed by atoms with Crippen molar-refractivity contribution in [3.05, 3.63) is 74.6 Å². The molecular weight excluding hydrogens is 399 g/mol. The minimum Gasteiger partial charge on any atom is -0.267 e. The Morgan fingerprint density at radius 1 is 1.08 bits per heavy atom. The standard InChI is InChI=1S/C17H10Cl2N2O2S2/c18-12-7-4-8-13(19)11(12)9-14-16(23)21(17(24)25-14)20-15(22)10-5-2-1-3-6-10/h1-9H,(H,20,22)/b14-9+. The van der Waals surface area contributed by atoms with Crippen molar-refractivity contribution in [2.75, 3.05) is 0 Å². The molecule has 2 amide bonds. The number of amides is 2. The highest BCUT2D eigenvalue weighted by Crippen LogP contribution is 2.35. The molecule has 0 spiro atoms. The van der Waals surface area contributed by atoms with Crippen molar-refractivity contribution in [3.8, 4) is 0 Å². The fourth-order valence-electron chi connectivity index (χ4n) is 2.10. The van der Waals surface area contributed by atoms with Gasteiger partial charge in [0.2, 0.25) is 0 Å². The van der Waals surface area contributed by atoms with E-state index in [0.717, 1.165) is 16.8 Å². The van der Waals surface area contributed by atoms with Gasteiger partial charge >= 0.3 is 0 Å². The first-order chi connectivity index (χ1) is 12.0. The fourth-order valence-corrected chi connectivity index (χ4v) is 3.77. The molecule has 0 aliphatic carbocycles. The molecule has 3 rings (SSSR count). The van der Waals surface area contributed by atoms with Gasteiger partial charge in [0.25, 0.3) is 11.8 Å². The molecule has 0 unspecified atom stereocenters. The van der Waals surface area contributed by atoms with Gasteiger partial charge < -0.3 is 0 Å². The third-order valence-corrected chi connectivity index (χ3v) is 5.28. The molecule has 1 aliphatic heterocycles. The van der Waals surface area contributed by atoms with Crippen LogP contribution in [0.15, 0.2) is 53.4 Å². The van der Waals surface area contributed by atoms with E-state index >= 15 is 0 Å². The maximum absolute atomic E-state index is 12.6. The first-order valence-corrected chi connectivity index (χ1v) is 9.03. The Hall–Kier alpha value is -1.86. The van der Waals surface area contributed by atoms with Gasteiger partial charge in [-0.2, -0.15) is 5.01 Å². The highest BCUT2D eigenvalue weighted by Gasteiger charge is 2.34. The topological polar surface area (TPSA) is 49.4 Å². The number of hydrogen-bond acceptors (Lipinski definition) is 4. The Bertz CT molecular complexity index is 881. The lowest BCUT2D eigenvalue weighted by Gasteiger charge is -2.15. The maximum Gasteiger partial charge on any atom is 0.285 e. The van der Waals surface area contributed by atoms with Crippen molar-refractivity contribution >= 4 is 69.4 Å². The maximum atomic E-state index is 12.6. The number of nitrogens with one attached hydrogen (secondary N) is 1. The van der Waals surface area contributed by atoms with Crippen LogP contribution in [0.4, 0.5) is 0 Å². The highest BCUT2D eigenvalue weighted by molar-refractivity contribution is 8.26. The number of benzene rings is 2. The molecule has 1 N–H and O–H groups in total. The van der Waals surface area contributed by atoms with Crippen LogP contribution >= 0.6 is 47.2 Å². The molecule has 0 atom stereocenters. The summed E-state index contributed by atoms with van der Waals surface area (Å²) in [6.45, 7) is 0. The molecule has 1 heterocycles. The summed E-state index contributed by atoms with van der Waals surface area (Å²) >= 11 is 18.5. The molecule has 2 aromatic carbocycles. The van der Waals surface area contributed by atoms with Crippen LogP contribution in [0.25, 0.3) is 6.08 Å². The second-order valence-corrected chi connectivity index (χ2v) is 7.45. The zero-order valence-corrected chi connectivity index (χ0v) is 15.7. The molecule has 25 heavy (non-hydrogen) atoms. The molecule has 0 radical (unpaired) electrons. The Kier molecular flexibility index (Phi) is 5.44. The summed E-state index contributed by atoms with van der Waals surface area (Å²) in [7, 11) is 0. The number of nitrogens with zero attached hydrogens (tertiary/aromatic N) is 1. The number of carbonyl (C=O) groups is 2. The Labute approximate surface area is 163 Å². The van der Waals surface area contributed by atoms with Crippen LogP contribution in [0.3, 0.4) is 0 Å². The van der Waals surface area contributed by atoms with Crippen LogP contribution in [0.1, 0.15) is 15.9 Å². The number of hydrazine groups is 1.